The number of aliphatic hydroxyl groups is 4. The van der Waals surface area contributed by atoms with E-state index in [2.05, 4.69) is 6.55 Å². The summed E-state index contributed by atoms with van der Waals surface area (Å²) in [5, 5.41) is 38.7. The van der Waals surface area contributed by atoms with Crippen molar-refractivity contribution in [3.63, 3.8) is 0 Å². The molecule has 152 valence electrons. The molecule has 0 bridgehead atoms. The Balaban J connectivity index is 4.05. The first kappa shape index (κ1) is 24.9. The van der Waals surface area contributed by atoms with E-state index in [1.54, 1.807) is 21.0 Å². The van der Waals surface area contributed by atoms with Crippen LogP contribution in [0.5, 0.6) is 0 Å². The van der Waals surface area contributed by atoms with Crippen LogP contribution in [0.15, 0.2) is 0 Å². The molecular formula is C17H38O7Si. The molecule has 25 heavy (non-hydrogen) atoms. The lowest BCUT2D eigenvalue weighted by atomic mass is 10.0. The molecule has 8 heteroatoms. The van der Waals surface area contributed by atoms with Crippen molar-refractivity contribution in [3.05, 3.63) is 0 Å². The summed E-state index contributed by atoms with van der Waals surface area (Å²) in [5.41, 5.74) is -2.49. The Morgan fingerprint density at radius 3 is 1.72 bits per heavy atom. The Kier molecular flexibility index (Phi) is 10.9. The van der Waals surface area contributed by atoms with E-state index in [1.165, 1.54) is 13.8 Å². The van der Waals surface area contributed by atoms with E-state index in [0.717, 1.165) is 18.5 Å². The summed E-state index contributed by atoms with van der Waals surface area (Å²) in [6.45, 7) is 9.41. The van der Waals surface area contributed by atoms with Crippen molar-refractivity contribution >= 4 is 8.32 Å². The molecule has 0 aliphatic heterocycles. The van der Waals surface area contributed by atoms with E-state index >= 15 is 0 Å². The molecule has 0 aliphatic rings. The van der Waals surface area contributed by atoms with Gasteiger partial charge in [-0.25, -0.2) is 0 Å². The van der Waals surface area contributed by atoms with Gasteiger partial charge in [0.15, 0.2) is 8.32 Å². The smallest absolute Gasteiger partial charge is 0.191 e. The van der Waals surface area contributed by atoms with Crippen molar-refractivity contribution in [1.29, 1.82) is 0 Å². The van der Waals surface area contributed by atoms with Gasteiger partial charge in [-0.1, -0.05) is 0 Å². The van der Waals surface area contributed by atoms with Crippen LogP contribution in [0.1, 0.15) is 34.1 Å². The minimum atomic E-state index is -1.93. The van der Waals surface area contributed by atoms with Crippen LogP contribution >= 0.6 is 0 Å². The van der Waals surface area contributed by atoms with Crippen molar-refractivity contribution in [3.8, 4) is 0 Å². The Hall–Kier alpha value is -0.0631. The summed E-state index contributed by atoms with van der Waals surface area (Å²) in [4.78, 5) is 0. The van der Waals surface area contributed by atoms with E-state index in [4.69, 9.17) is 13.9 Å². The first-order valence-corrected chi connectivity index (χ1v) is 11.7. The third-order valence-electron chi connectivity index (χ3n) is 4.85. The normalized spacial score (nSPS) is 21.8. The highest BCUT2D eigenvalue weighted by Crippen LogP contribution is 2.20. The fourth-order valence-corrected chi connectivity index (χ4v) is 4.09. The van der Waals surface area contributed by atoms with Crippen LogP contribution < -0.4 is 0 Å². The molecule has 0 saturated carbocycles. The maximum Gasteiger partial charge on any atom is 0.191 e. The van der Waals surface area contributed by atoms with Gasteiger partial charge >= 0.3 is 0 Å². The zero-order valence-corrected chi connectivity index (χ0v) is 17.6. The lowest BCUT2D eigenvalue weighted by Crippen LogP contribution is -2.42. The number of ether oxygens (including phenoxy) is 2. The minimum absolute atomic E-state index is 0.0798. The average Bonchev–Trinajstić information content (AvgIpc) is 2.51. The highest BCUT2D eigenvalue weighted by atomic mass is 28.4. The van der Waals surface area contributed by atoms with Crippen LogP contribution in [0.3, 0.4) is 0 Å². The molecule has 0 spiro atoms. The molecule has 0 aliphatic carbocycles. The molecule has 5 unspecified atom stereocenters. The van der Waals surface area contributed by atoms with Crippen LogP contribution in [0.25, 0.3) is 0 Å². The summed E-state index contributed by atoms with van der Waals surface area (Å²) in [6.07, 6.45) is -0.894. The zero-order valence-electron chi connectivity index (χ0n) is 16.6. The second-order valence-corrected chi connectivity index (χ2v) is 12.0. The van der Waals surface area contributed by atoms with E-state index in [9.17, 15) is 20.4 Å². The quantitative estimate of drug-likeness (QED) is 0.261. The molecule has 0 aromatic rings. The third kappa shape index (κ3) is 10.0. The fraction of sp³-hybridized carbons (Fsp3) is 1.00. The van der Waals surface area contributed by atoms with E-state index in [0.29, 0.717) is 13.2 Å². The largest absolute Gasteiger partial charge is 0.420 e. The Labute approximate surface area is 153 Å². The Bertz CT molecular complexity index is 361. The lowest BCUT2D eigenvalue weighted by Gasteiger charge is -2.29. The molecule has 0 aromatic heterocycles. The third-order valence-corrected chi connectivity index (χ3v) is 8.51. The molecule has 0 fully saturated rings. The Morgan fingerprint density at radius 2 is 1.32 bits per heavy atom. The van der Waals surface area contributed by atoms with Crippen molar-refractivity contribution < 1.29 is 34.3 Å². The predicted octanol–water partition coefficient (Wildman–Crippen LogP) is 0.895. The molecule has 0 heterocycles. The van der Waals surface area contributed by atoms with Crippen molar-refractivity contribution in [2.45, 2.75) is 76.2 Å². The predicted molar refractivity (Wildman–Crippen MR) is 99.1 cm³/mol. The maximum atomic E-state index is 9.93. The summed E-state index contributed by atoms with van der Waals surface area (Å²) >= 11 is 0. The molecule has 0 aromatic carbocycles. The van der Waals surface area contributed by atoms with E-state index < -0.39 is 31.7 Å². The van der Waals surface area contributed by atoms with E-state index in [-0.39, 0.29) is 13.2 Å². The van der Waals surface area contributed by atoms with Gasteiger partial charge in [-0.2, -0.15) is 0 Å². The number of hydrogen-bond donors (Lipinski definition) is 4. The molecule has 0 rings (SSSR count). The summed E-state index contributed by atoms with van der Waals surface area (Å²) in [6, 6.07) is 1.67. The van der Waals surface area contributed by atoms with Gasteiger partial charge in [-0.15, -0.1) is 0 Å². The highest BCUT2D eigenvalue weighted by Gasteiger charge is 2.30. The van der Waals surface area contributed by atoms with Crippen LogP contribution in [0.4, 0.5) is 0 Å². The topological polar surface area (TPSA) is 109 Å². The van der Waals surface area contributed by atoms with E-state index in [1.807, 2.05) is 0 Å². The molecule has 7 nitrogen and oxygen atoms in total. The number of hydrogen-bond acceptors (Lipinski definition) is 7. The molecule has 0 amide bonds. The molecule has 0 radical (unpaired) electrons. The van der Waals surface area contributed by atoms with Gasteiger partial charge in [-0.05, 0) is 52.8 Å². The van der Waals surface area contributed by atoms with Crippen LogP contribution in [-0.2, 0) is 13.9 Å². The van der Waals surface area contributed by atoms with Crippen LogP contribution in [0.2, 0.25) is 18.6 Å². The summed E-state index contributed by atoms with van der Waals surface area (Å²) in [7, 11) is -0.220. The molecule has 5 atom stereocenters. The van der Waals surface area contributed by atoms with Gasteiger partial charge < -0.3 is 34.3 Å². The standard InChI is InChI=1S/C17H38O7Si/c1-14(18)16(3,20)12-23-8-7-10-25(6,22-5)11-9-24-13-17(4,21)15(2)19/h14-15,18-21H,7-13H2,1-6H3. The van der Waals surface area contributed by atoms with Gasteiger partial charge in [0.05, 0.1) is 25.4 Å². The zero-order chi connectivity index (χ0) is 19.7. The fourth-order valence-electron chi connectivity index (χ4n) is 1.96. The molecule has 0 saturated heterocycles. The second kappa shape index (κ2) is 10.9. The highest BCUT2D eigenvalue weighted by molar-refractivity contribution is 6.72. The SMILES string of the molecule is CO[Si](C)(CCCOCC(C)(O)C(C)O)CCOCC(C)(O)C(C)O. The van der Waals surface area contributed by atoms with Crippen LogP contribution in [-0.4, -0.2) is 85.7 Å². The first-order chi connectivity index (χ1) is 11.4. The van der Waals surface area contributed by atoms with Gasteiger partial charge in [-0.3, -0.25) is 0 Å². The summed E-state index contributed by atoms with van der Waals surface area (Å²) < 4.78 is 16.7. The van der Waals surface area contributed by atoms with Crippen molar-refractivity contribution in [2.24, 2.45) is 0 Å². The molecule has 4 N–H and O–H groups in total. The second-order valence-electron chi connectivity index (χ2n) is 7.68. The van der Waals surface area contributed by atoms with Gasteiger partial charge in [0.1, 0.15) is 11.2 Å². The Morgan fingerprint density at radius 1 is 0.880 bits per heavy atom. The number of rotatable bonds is 14. The monoisotopic (exact) mass is 382 g/mol. The van der Waals surface area contributed by atoms with Crippen molar-refractivity contribution in [1.82, 2.24) is 0 Å². The summed E-state index contributed by atoms with van der Waals surface area (Å²) in [5.74, 6) is 0. The van der Waals surface area contributed by atoms with Gasteiger partial charge in [0.25, 0.3) is 0 Å². The minimum Gasteiger partial charge on any atom is -0.420 e. The maximum absolute atomic E-state index is 9.93. The number of aliphatic hydroxyl groups excluding tert-OH is 2. The van der Waals surface area contributed by atoms with Gasteiger partial charge in [0.2, 0.25) is 0 Å². The van der Waals surface area contributed by atoms with Crippen LogP contribution in [0, 0.1) is 0 Å². The lowest BCUT2D eigenvalue weighted by molar-refractivity contribution is -0.102. The van der Waals surface area contributed by atoms with Crippen molar-refractivity contribution in [2.75, 3.05) is 33.5 Å². The van der Waals surface area contributed by atoms with Gasteiger partial charge in [0, 0.05) is 20.3 Å². The molecular weight excluding hydrogens is 344 g/mol. The first-order valence-electron chi connectivity index (χ1n) is 8.88. The average molecular weight is 383 g/mol.